The molecule has 1 N–H and O–H groups in total. The van der Waals surface area contributed by atoms with Crippen molar-refractivity contribution in [1.29, 1.82) is 0 Å². The van der Waals surface area contributed by atoms with Gasteiger partial charge in [-0.25, -0.2) is 4.98 Å². The molecule has 0 bridgehead atoms. The van der Waals surface area contributed by atoms with Gasteiger partial charge in [0.05, 0.1) is 32.7 Å². The van der Waals surface area contributed by atoms with Crippen molar-refractivity contribution in [3.05, 3.63) is 78.4 Å². The van der Waals surface area contributed by atoms with E-state index in [1.807, 2.05) is 36.4 Å². The van der Waals surface area contributed by atoms with Gasteiger partial charge in [0.15, 0.2) is 5.16 Å². The predicted molar refractivity (Wildman–Crippen MR) is 157 cm³/mol. The molecule has 8 heteroatoms. The third-order valence-corrected chi connectivity index (χ3v) is 7.36. The molecule has 1 aromatic heterocycles. The van der Waals surface area contributed by atoms with Crippen LogP contribution in [0.5, 0.6) is 17.2 Å². The third-order valence-electron chi connectivity index (χ3n) is 6.30. The number of carbonyl (C=O) groups excluding carboxylic acids is 1. The largest absolute Gasteiger partial charge is 0.497 e. The zero-order valence-electron chi connectivity index (χ0n) is 22.9. The molecule has 7 nitrogen and oxygen atoms in total. The molecule has 1 amide bonds. The van der Waals surface area contributed by atoms with Crippen molar-refractivity contribution in [1.82, 2.24) is 14.9 Å². The molecule has 0 aliphatic rings. The number of rotatable bonds is 13. The summed E-state index contributed by atoms with van der Waals surface area (Å²) in [5.41, 5.74) is 4.76. The minimum atomic E-state index is -0.0845. The van der Waals surface area contributed by atoms with Gasteiger partial charge in [-0.3, -0.25) is 4.79 Å². The SMILES string of the molecule is CCCn1c(SCCCNC(=O)c2ccc(OC)cc2)nc(-c2ccc(OC)cc2)c1-c1ccc(OC)cc1. The molecule has 4 aromatic rings. The molecule has 1 heterocycles. The van der Waals surface area contributed by atoms with Gasteiger partial charge in [0, 0.05) is 35.5 Å². The van der Waals surface area contributed by atoms with Crippen molar-refractivity contribution in [3.63, 3.8) is 0 Å². The molecule has 0 radical (unpaired) electrons. The van der Waals surface area contributed by atoms with Crippen LogP contribution in [0.1, 0.15) is 30.1 Å². The second-order valence-electron chi connectivity index (χ2n) is 8.89. The second-order valence-corrected chi connectivity index (χ2v) is 9.95. The molecule has 0 saturated carbocycles. The molecule has 204 valence electrons. The van der Waals surface area contributed by atoms with E-state index in [0.717, 1.165) is 70.1 Å². The summed E-state index contributed by atoms with van der Waals surface area (Å²) in [6.07, 6.45) is 1.80. The van der Waals surface area contributed by atoms with Crippen molar-refractivity contribution >= 4 is 17.7 Å². The maximum atomic E-state index is 12.5. The lowest BCUT2D eigenvalue weighted by atomic mass is 10.0. The van der Waals surface area contributed by atoms with Crippen LogP contribution in [0.4, 0.5) is 0 Å². The van der Waals surface area contributed by atoms with Gasteiger partial charge in [0.25, 0.3) is 5.91 Å². The summed E-state index contributed by atoms with van der Waals surface area (Å²) in [6, 6.07) is 23.3. The van der Waals surface area contributed by atoms with Crippen LogP contribution in [0.25, 0.3) is 22.5 Å². The molecule has 0 atom stereocenters. The molecule has 39 heavy (non-hydrogen) atoms. The Morgan fingerprint density at radius 1 is 0.821 bits per heavy atom. The van der Waals surface area contributed by atoms with Gasteiger partial charge in [-0.05, 0) is 85.6 Å². The molecule has 0 saturated heterocycles. The topological polar surface area (TPSA) is 74.6 Å². The fourth-order valence-electron chi connectivity index (χ4n) is 4.25. The van der Waals surface area contributed by atoms with Gasteiger partial charge < -0.3 is 24.1 Å². The number of hydrogen-bond donors (Lipinski definition) is 1. The van der Waals surface area contributed by atoms with E-state index in [4.69, 9.17) is 19.2 Å². The monoisotopic (exact) mass is 545 g/mol. The van der Waals surface area contributed by atoms with E-state index in [1.54, 1.807) is 57.4 Å². The zero-order chi connectivity index (χ0) is 27.6. The highest BCUT2D eigenvalue weighted by Crippen LogP contribution is 2.37. The summed E-state index contributed by atoms with van der Waals surface area (Å²) in [5, 5.41) is 3.98. The van der Waals surface area contributed by atoms with Crippen LogP contribution < -0.4 is 19.5 Å². The Labute approximate surface area is 234 Å². The molecular formula is C31H35N3O4S. The van der Waals surface area contributed by atoms with E-state index in [0.29, 0.717) is 12.1 Å². The van der Waals surface area contributed by atoms with E-state index in [9.17, 15) is 4.79 Å². The Kier molecular flexibility index (Phi) is 9.91. The number of methoxy groups -OCH3 is 3. The summed E-state index contributed by atoms with van der Waals surface area (Å²) in [4.78, 5) is 17.6. The summed E-state index contributed by atoms with van der Waals surface area (Å²) in [6.45, 7) is 3.61. The lowest BCUT2D eigenvalue weighted by molar-refractivity contribution is 0.0953. The first-order chi connectivity index (χ1) is 19.1. The molecule has 0 fully saturated rings. The number of aromatic nitrogens is 2. The number of ether oxygens (including phenoxy) is 3. The normalized spacial score (nSPS) is 10.8. The second kappa shape index (κ2) is 13.8. The fraction of sp³-hybridized carbons (Fsp3) is 0.290. The summed E-state index contributed by atoms with van der Waals surface area (Å²) >= 11 is 1.71. The smallest absolute Gasteiger partial charge is 0.251 e. The minimum Gasteiger partial charge on any atom is -0.497 e. The number of hydrogen-bond acceptors (Lipinski definition) is 6. The first-order valence-electron chi connectivity index (χ1n) is 13.0. The Bertz CT molecular complexity index is 1350. The Morgan fingerprint density at radius 3 is 1.90 bits per heavy atom. The molecule has 3 aromatic carbocycles. The van der Waals surface area contributed by atoms with Gasteiger partial charge in [-0.2, -0.15) is 0 Å². The van der Waals surface area contributed by atoms with Gasteiger partial charge in [0.1, 0.15) is 17.2 Å². The van der Waals surface area contributed by atoms with Crippen LogP contribution in [0.3, 0.4) is 0 Å². The highest BCUT2D eigenvalue weighted by Gasteiger charge is 2.20. The van der Waals surface area contributed by atoms with Crippen molar-refractivity contribution in [3.8, 4) is 39.8 Å². The number of amides is 1. The lowest BCUT2D eigenvalue weighted by Gasteiger charge is -2.13. The number of nitrogens with zero attached hydrogens (tertiary/aromatic N) is 2. The highest BCUT2D eigenvalue weighted by atomic mass is 32.2. The predicted octanol–water partition coefficient (Wildman–Crippen LogP) is 6.57. The van der Waals surface area contributed by atoms with Crippen LogP contribution in [0.15, 0.2) is 78.0 Å². The number of nitrogens with one attached hydrogen (secondary N) is 1. The molecule has 0 aliphatic carbocycles. The van der Waals surface area contributed by atoms with E-state index >= 15 is 0 Å². The number of imidazole rings is 1. The van der Waals surface area contributed by atoms with Crippen LogP contribution in [-0.2, 0) is 6.54 Å². The van der Waals surface area contributed by atoms with E-state index in [-0.39, 0.29) is 5.91 Å². The van der Waals surface area contributed by atoms with Gasteiger partial charge in [-0.1, -0.05) is 18.7 Å². The van der Waals surface area contributed by atoms with Crippen LogP contribution in [0, 0.1) is 0 Å². The Balaban J connectivity index is 1.52. The average Bonchev–Trinajstić information content (AvgIpc) is 3.35. The molecule has 4 rings (SSSR count). The van der Waals surface area contributed by atoms with Crippen molar-refractivity contribution in [2.45, 2.75) is 31.5 Å². The van der Waals surface area contributed by atoms with E-state index in [2.05, 4.69) is 28.9 Å². The van der Waals surface area contributed by atoms with Crippen molar-refractivity contribution < 1.29 is 19.0 Å². The van der Waals surface area contributed by atoms with E-state index < -0.39 is 0 Å². The molecule has 0 spiro atoms. The Morgan fingerprint density at radius 2 is 1.36 bits per heavy atom. The highest BCUT2D eigenvalue weighted by molar-refractivity contribution is 7.99. The minimum absolute atomic E-state index is 0.0845. The number of thioether (sulfide) groups is 1. The van der Waals surface area contributed by atoms with Crippen LogP contribution in [0.2, 0.25) is 0 Å². The quantitative estimate of drug-likeness (QED) is 0.151. The fourth-order valence-corrected chi connectivity index (χ4v) is 5.21. The van der Waals surface area contributed by atoms with Crippen molar-refractivity contribution in [2.24, 2.45) is 0 Å². The number of benzene rings is 3. The summed E-state index contributed by atoms with van der Waals surface area (Å²) < 4.78 is 18.2. The summed E-state index contributed by atoms with van der Waals surface area (Å²) in [7, 11) is 4.95. The molecule has 0 unspecified atom stereocenters. The average molecular weight is 546 g/mol. The summed E-state index contributed by atoms with van der Waals surface area (Å²) in [5.74, 6) is 3.10. The van der Waals surface area contributed by atoms with Gasteiger partial charge in [0.2, 0.25) is 0 Å². The van der Waals surface area contributed by atoms with Crippen molar-refractivity contribution in [2.75, 3.05) is 33.6 Å². The zero-order valence-corrected chi connectivity index (χ0v) is 23.7. The lowest BCUT2D eigenvalue weighted by Crippen LogP contribution is -2.24. The Hall–Kier alpha value is -3.91. The maximum absolute atomic E-state index is 12.5. The first kappa shape index (κ1) is 28.1. The standard InChI is InChI=1S/C31H35N3O4S/c1-5-20-34-29(23-9-15-26(37-3)16-10-23)28(22-7-13-25(36-2)14-8-22)33-31(34)39-21-6-19-32-30(35)24-11-17-27(38-4)18-12-24/h7-18H,5-6,19-21H2,1-4H3,(H,32,35). The van der Waals surface area contributed by atoms with Gasteiger partial charge >= 0.3 is 0 Å². The first-order valence-corrected chi connectivity index (χ1v) is 14.0. The van der Waals surface area contributed by atoms with Gasteiger partial charge in [-0.15, -0.1) is 0 Å². The van der Waals surface area contributed by atoms with E-state index in [1.165, 1.54) is 0 Å². The third kappa shape index (κ3) is 6.95. The molecular weight excluding hydrogens is 510 g/mol. The number of carbonyl (C=O) groups is 1. The molecule has 0 aliphatic heterocycles. The van der Waals surface area contributed by atoms with Crippen LogP contribution >= 0.6 is 11.8 Å². The maximum Gasteiger partial charge on any atom is 0.251 e. The van der Waals surface area contributed by atoms with Crippen LogP contribution in [-0.4, -0.2) is 49.1 Å².